The van der Waals surface area contributed by atoms with Crippen molar-refractivity contribution in [3.8, 4) is 5.75 Å². The lowest BCUT2D eigenvalue weighted by Crippen LogP contribution is -2.10. The number of Topliss-reactive ketones (excluding diaryl/α,β-unsaturated/α-hetero) is 1. The molecule has 1 rings (SSSR count). The predicted octanol–water partition coefficient (Wildman–Crippen LogP) is 4.07. The van der Waals surface area contributed by atoms with E-state index in [0.717, 1.165) is 5.56 Å². The molecule has 0 aromatic heterocycles. The van der Waals surface area contributed by atoms with Gasteiger partial charge in [0, 0.05) is 6.42 Å². The van der Waals surface area contributed by atoms with E-state index in [9.17, 15) is 4.79 Å². The number of ether oxygens (including phenoxy) is 1. The number of halogens is 1. The largest absolute Gasteiger partial charge is 0.495 e. The maximum atomic E-state index is 11.3. The van der Waals surface area contributed by atoms with Crippen molar-refractivity contribution in [3.05, 3.63) is 28.8 Å². The molecule has 0 aliphatic rings. The topological polar surface area (TPSA) is 26.3 Å². The third kappa shape index (κ3) is 3.74. The molecule has 0 amide bonds. The summed E-state index contributed by atoms with van der Waals surface area (Å²) in [7, 11) is 1.59. The van der Waals surface area contributed by atoms with Gasteiger partial charge in [0.25, 0.3) is 0 Å². The van der Waals surface area contributed by atoms with Crippen molar-refractivity contribution >= 4 is 17.4 Å². The highest BCUT2D eigenvalue weighted by molar-refractivity contribution is 6.32. The van der Waals surface area contributed by atoms with Crippen LogP contribution < -0.4 is 4.74 Å². The molecule has 0 heterocycles. The van der Waals surface area contributed by atoms with Crippen LogP contribution in [0.4, 0.5) is 0 Å². The zero-order valence-electron chi connectivity index (χ0n) is 10.8. The van der Waals surface area contributed by atoms with Crippen molar-refractivity contribution in [3.63, 3.8) is 0 Å². The zero-order valence-corrected chi connectivity index (χ0v) is 11.5. The first kappa shape index (κ1) is 14.0. The number of carbonyl (C=O) groups excluding carboxylic acids is 1. The van der Waals surface area contributed by atoms with E-state index in [-0.39, 0.29) is 11.7 Å². The summed E-state index contributed by atoms with van der Waals surface area (Å²) >= 11 is 6.10. The fraction of sp³-hybridized carbons (Fsp3) is 0.500. The van der Waals surface area contributed by atoms with Crippen LogP contribution in [0.5, 0.6) is 5.75 Å². The van der Waals surface area contributed by atoms with Crippen molar-refractivity contribution in [2.24, 2.45) is 5.92 Å². The molecule has 0 unspecified atom stereocenters. The molecule has 1 aromatic rings. The average Bonchev–Trinajstić information content (AvgIpc) is 2.25. The van der Waals surface area contributed by atoms with E-state index in [1.807, 2.05) is 18.2 Å². The maximum absolute atomic E-state index is 11.3. The molecule has 0 aliphatic heterocycles. The van der Waals surface area contributed by atoms with E-state index < -0.39 is 0 Å². The van der Waals surface area contributed by atoms with Gasteiger partial charge in [-0.15, -0.1) is 0 Å². The summed E-state index contributed by atoms with van der Waals surface area (Å²) in [5.41, 5.74) is 1.10. The highest BCUT2D eigenvalue weighted by Crippen LogP contribution is 2.33. The quantitative estimate of drug-likeness (QED) is 0.792. The van der Waals surface area contributed by atoms with Crippen LogP contribution in [0, 0.1) is 5.92 Å². The second-order valence-electron chi connectivity index (χ2n) is 4.65. The van der Waals surface area contributed by atoms with Gasteiger partial charge >= 0.3 is 0 Å². The Morgan fingerprint density at radius 3 is 2.47 bits per heavy atom. The summed E-state index contributed by atoms with van der Waals surface area (Å²) < 4.78 is 5.12. The highest BCUT2D eigenvalue weighted by atomic mass is 35.5. The van der Waals surface area contributed by atoms with Crippen LogP contribution in [0.15, 0.2) is 18.2 Å². The average molecular weight is 255 g/mol. The van der Waals surface area contributed by atoms with Gasteiger partial charge in [-0.2, -0.15) is 0 Å². The van der Waals surface area contributed by atoms with Gasteiger partial charge in [-0.1, -0.05) is 31.5 Å². The smallest absolute Gasteiger partial charge is 0.137 e. The Morgan fingerprint density at radius 2 is 2.06 bits per heavy atom. The van der Waals surface area contributed by atoms with Gasteiger partial charge in [0.15, 0.2) is 0 Å². The Kier molecular flexibility index (Phi) is 5.01. The molecule has 0 aliphatic carbocycles. The van der Waals surface area contributed by atoms with E-state index >= 15 is 0 Å². The second kappa shape index (κ2) is 6.06. The highest BCUT2D eigenvalue weighted by Gasteiger charge is 2.18. The van der Waals surface area contributed by atoms with Crippen LogP contribution in [0.3, 0.4) is 0 Å². The lowest BCUT2D eigenvalue weighted by atomic mass is 9.84. The normalized spacial score (nSPS) is 12.6. The number of carbonyl (C=O) groups is 1. The molecule has 0 saturated carbocycles. The monoisotopic (exact) mass is 254 g/mol. The standard InChI is InChI=1S/C14H19ClO2/c1-9(2)12(7-10(3)16)11-5-6-14(17-4)13(15)8-11/h5-6,8-9,12H,7H2,1-4H3/t12-/m1/s1. The van der Waals surface area contributed by atoms with Crippen LogP contribution >= 0.6 is 11.6 Å². The van der Waals surface area contributed by atoms with Gasteiger partial charge in [0.2, 0.25) is 0 Å². The third-order valence-corrected chi connectivity index (χ3v) is 3.21. The summed E-state index contributed by atoms with van der Waals surface area (Å²) in [5.74, 6) is 1.50. The molecule has 0 N–H and O–H groups in total. The minimum absolute atomic E-state index is 0.204. The molecule has 0 bridgehead atoms. The number of hydrogen-bond acceptors (Lipinski definition) is 2. The number of ketones is 1. The molecule has 2 nitrogen and oxygen atoms in total. The van der Waals surface area contributed by atoms with Crippen LogP contribution in [-0.2, 0) is 4.79 Å². The summed E-state index contributed by atoms with van der Waals surface area (Å²) in [5, 5.41) is 0.596. The molecule has 0 spiro atoms. The Balaban J connectivity index is 3.02. The van der Waals surface area contributed by atoms with Crippen molar-refractivity contribution in [2.45, 2.75) is 33.1 Å². The van der Waals surface area contributed by atoms with E-state index in [1.165, 1.54) is 0 Å². The lowest BCUT2D eigenvalue weighted by Gasteiger charge is -2.20. The summed E-state index contributed by atoms with van der Waals surface area (Å²) in [6, 6.07) is 5.74. The number of benzene rings is 1. The number of hydrogen-bond donors (Lipinski definition) is 0. The van der Waals surface area contributed by atoms with Crippen LogP contribution in [0.2, 0.25) is 5.02 Å². The Labute approximate surface area is 108 Å². The summed E-state index contributed by atoms with van der Waals surface area (Å²) in [4.78, 5) is 11.3. The van der Waals surface area contributed by atoms with E-state index in [2.05, 4.69) is 13.8 Å². The molecule has 1 atom stereocenters. The summed E-state index contributed by atoms with van der Waals surface area (Å²) in [6.45, 7) is 5.86. The van der Waals surface area contributed by atoms with Crippen LogP contribution in [0.25, 0.3) is 0 Å². The van der Waals surface area contributed by atoms with E-state index in [4.69, 9.17) is 16.3 Å². The first-order valence-electron chi connectivity index (χ1n) is 5.78. The Morgan fingerprint density at radius 1 is 1.41 bits per heavy atom. The number of methoxy groups -OCH3 is 1. The molecule has 0 fully saturated rings. The van der Waals surface area contributed by atoms with Crippen molar-refractivity contribution in [1.82, 2.24) is 0 Å². The van der Waals surface area contributed by atoms with Gasteiger partial charge in [-0.3, -0.25) is 0 Å². The SMILES string of the molecule is COc1ccc([C@H](CC(C)=O)C(C)C)cc1Cl. The minimum Gasteiger partial charge on any atom is -0.495 e. The van der Waals surface area contributed by atoms with Gasteiger partial charge in [0.1, 0.15) is 11.5 Å². The lowest BCUT2D eigenvalue weighted by molar-refractivity contribution is -0.117. The van der Waals surface area contributed by atoms with Crippen LogP contribution in [0.1, 0.15) is 38.7 Å². The Hall–Kier alpha value is -1.02. The Bertz CT molecular complexity index is 399. The van der Waals surface area contributed by atoms with Crippen molar-refractivity contribution in [2.75, 3.05) is 7.11 Å². The molecular formula is C14H19ClO2. The summed E-state index contributed by atoms with van der Waals surface area (Å²) in [6.07, 6.45) is 0.556. The molecular weight excluding hydrogens is 236 g/mol. The molecule has 17 heavy (non-hydrogen) atoms. The molecule has 94 valence electrons. The van der Waals surface area contributed by atoms with Crippen molar-refractivity contribution in [1.29, 1.82) is 0 Å². The minimum atomic E-state index is 0.204. The van der Waals surface area contributed by atoms with Gasteiger partial charge in [0.05, 0.1) is 12.1 Å². The fourth-order valence-electron chi connectivity index (χ4n) is 1.96. The molecule has 3 heteroatoms. The molecule has 1 aromatic carbocycles. The van der Waals surface area contributed by atoms with E-state index in [1.54, 1.807) is 14.0 Å². The third-order valence-electron chi connectivity index (χ3n) is 2.92. The number of rotatable bonds is 5. The predicted molar refractivity (Wildman–Crippen MR) is 70.9 cm³/mol. The van der Waals surface area contributed by atoms with Crippen molar-refractivity contribution < 1.29 is 9.53 Å². The van der Waals surface area contributed by atoms with Gasteiger partial charge in [-0.05, 0) is 36.5 Å². The van der Waals surface area contributed by atoms with E-state index in [0.29, 0.717) is 23.1 Å². The maximum Gasteiger partial charge on any atom is 0.137 e. The van der Waals surface area contributed by atoms with Gasteiger partial charge in [-0.25, -0.2) is 0 Å². The van der Waals surface area contributed by atoms with Crippen LogP contribution in [-0.4, -0.2) is 12.9 Å². The van der Waals surface area contributed by atoms with Gasteiger partial charge < -0.3 is 9.53 Å². The molecule has 0 radical (unpaired) electrons. The first-order valence-corrected chi connectivity index (χ1v) is 6.16. The second-order valence-corrected chi connectivity index (χ2v) is 5.06. The fourth-order valence-corrected chi connectivity index (χ4v) is 2.23. The zero-order chi connectivity index (χ0) is 13.0. The molecule has 0 saturated heterocycles. The first-order chi connectivity index (χ1) is 7.95.